The van der Waals surface area contributed by atoms with E-state index in [-0.39, 0.29) is 11.3 Å². The van der Waals surface area contributed by atoms with Crippen molar-refractivity contribution in [2.75, 3.05) is 38.7 Å². The predicted molar refractivity (Wildman–Crippen MR) is 79.2 cm³/mol. The van der Waals surface area contributed by atoms with Crippen molar-refractivity contribution in [3.8, 4) is 0 Å². The fraction of sp³-hybridized carbons (Fsp3) is 0.667. The minimum atomic E-state index is -0.161. The molecule has 2 aliphatic rings. The fourth-order valence-corrected chi connectivity index (χ4v) is 3.22. The number of fused-ring (bicyclic) bond motifs is 2. The molecule has 6 nitrogen and oxygen atoms in total. The van der Waals surface area contributed by atoms with Crippen LogP contribution < -0.4 is 4.90 Å². The van der Waals surface area contributed by atoms with Crippen LogP contribution >= 0.6 is 0 Å². The number of amides is 1. The van der Waals surface area contributed by atoms with Crippen molar-refractivity contribution in [3.63, 3.8) is 0 Å². The minimum absolute atomic E-state index is 0.161. The van der Waals surface area contributed by atoms with E-state index in [9.17, 15) is 4.79 Å². The lowest BCUT2D eigenvalue weighted by atomic mass is 9.80. The van der Waals surface area contributed by atoms with Crippen molar-refractivity contribution in [2.45, 2.75) is 31.8 Å². The molecule has 3 heterocycles. The summed E-state index contributed by atoms with van der Waals surface area (Å²) in [4.78, 5) is 25.0. The summed E-state index contributed by atoms with van der Waals surface area (Å²) in [6, 6.07) is 0. The Morgan fingerprint density at radius 3 is 3.05 bits per heavy atom. The normalized spacial score (nSPS) is 24.2. The highest BCUT2D eigenvalue weighted by Gasteiger charge is 2.46. The molecule has 1 unspecified atom stereocenters. The lowest BCUT2D eigenvalue weighted by Gasteiger charge is -2.34. The van der Waals surface area contributed by atoms with Gasteiger partial charge in [0, 0.05) is 45.4 Å². The highest BCUT2D eigenvalue weighted by molar-refractivity contribution is 5.76. The van der Waals surface area contributed by atoms with Crippen molar-refractivity contribution in [3.05, 3.63) is 17.5 Å². The van der Waals surface area contributed by atoms with Gasteiger partial charge < -0.3 is 14.5 Å². The predicted octanol–water partition coefficient (Wildman–Crippen LogP) is 0.953. The molecular formula is C15H22N4O2. The standard InChI is InChI=1S/C15H22N4O2/c1-4-12(20)19-6-5-15(9-19)10-21-8-11-7-16-14(18(2)3)17-13(11)15/h7H,4-6,8-10H2,1-3H3. The Morgan fingerprint density at radius 1 is 1.52 bits per heavy atom. The van der Waals surface area contributed by atoms with Crippen molar-refractivity contribution in [1.82, 2.24) is 14.9 Å². The summed E-state index contributed by atoms with van der Waals surface area (Å²) in [5.41, 5.74) is 1.96. The number of aromatic nitrogens is 2. The number of rotatable bonds is 2. The van der Waals surface area contributed by atoms with E-state index in [4.69, 9.17) is 9.72 Å². The second-order valence-electron chi connectivity index (χ2n) is 6.13. The largest absolute Gasteiger partial charge is 0.376 e. The smallest absolute Gasteiger partial charge is 0.225 e. The van der Waals surface area contributed by atoms with Gasteiger partial charge in [0.15, 0.2) is 0 Å². The summed E-state index contributed by atoms with van der Waals surface area (Å²) >= 11 is 0. The van der Waals surface area contributed by atoms with Gasteiger partial charge in [0.1, 0.15) is 0 Å². The molecule has 0 bridgehead atoms. The zero-order chi connectivity index (χ0) is 15.0. The number of likely N-dealkylation sites (tertiary alicyclic amines) is 1. The van der Waals surface area contributed by atoms with Crippen LogP contribution in [0.2, 0.25) is 0 Å². The second kappa shape index (κ2) is 5.26. The topological polar surface area (TPSA) is 58.6 Å². The van der Waals surface area contributed by atoms with E-state index < -0.39 is 0 Å². The molecule has 1 amide bonds. The van der Waals surface area contributed by atoms with E-state index in [1.54, 1.807) is 0 Å². The molecule has 1 saturated heterocycles. The van der Waals surface area contributed by atoms with Crippen LogP contribution in [-0.2, 0) is 21.6 Å². The Hall–Kier alpha value is -1.69. The molecule has 0 saturated carbocycles. The highest BCUT2D eigenvalue weighted by atomic mass is 16.5. The first-order chi connectivity index (χ1) is 10.1. The summed E-state index contributed by atoms with van der Waals surface area (Å²) in [5.74, 6) is 0.927. The summed E-state index contributed by atoms with van der Waals surface area (Å²) in [5, 5.41) is 0. The van der Waals surface area contributed by atoms with Crippen LogP contribution in [0.4, 0.5) is 5.95 Å². The molecule has 1 fully saturated rings. The van der Waals surface area contributed by atoms with Gasteiger partial charge in [0.2, 0.25) is 11.9 Å². The summed E-state index contributed by atoms with van der Waals surface area (Å²) < 4.78 is 5.76. The Kier molecular flexibility index (Phi) is 3.57. The molecule has 3 rings (SSSR count). The number of nitrogens with zero attached hydrogens (tertiary/aromatic N) is 4. The third-order valence-corrected chi connectivity index (χ3v) is 4.40. The molecule has 1 atom stereocenters. The molecule has 0 aromatic carbocycles. The Bertz CT molecular complexity index is 561. The minimum Gasteiger partial charge on any atom is -0.376 e. The number of ether oxygens (including phenoxy) is 1. The van der Waals surface area contributed by atoms with Crippen LogP contribution in [0.1, 0.15) is 31.0 Å². The van der Waals surface area contributed by atoms with Gasteiger partial charge >= 0.3 is 0 Å². The molecular weight excluding hydrogens is 268 g/mol. The third kappa shape index (κ3) is 2.37. The first-order valence-corrected chi connectivity index (χ1v) is 7.45. The number of hydrogen-bond donors (Lipinski definition) is 0. The molecule has 6 heteroatoms. The SMILES string of the molecule is CCC(=O)N1CCC2(COCc3cnc(N(C)C)nc32)C1. The molecule has 114 valence electrons. The van der Waals surface area contributed by atoms with E-state index in [1.165, 1.54) is 0 Å². The second-order valence-corrected chi connectivity index (χ2v) is 6.13. The maximum Gasteiger partial charge on any atom is 0.225 e. The first kappa shape index (κ1) is 14.3. The van der Waals surface area contributed by atoms with E-state index in [2.05, 4.69) is 4.98 Å². The van der Waals surface area contributed by atoms with Crippen molar-refractivity contribution >= 4 is 11.9 Å². The number of carbonyl (C=O) groups is 1. The summed E-state index contributed by atoms with van der Waals surface area (Å²) in [6.45, 7) is 4.60. The lowest BCUT2D eigenvalue weighted by Crippen LogP contribution is -2.41. The molecule has 21 heavy (non-hydrogen) atoms. The Morgan fingerprint density at radius 2 is 2.33 bits per heavy atom. The molecule has 1 aromatic heterocycles. The highest BCUT2D eigenvalue weighted by Crippen LogP contribution is 2.39. The molecule has 0 N–H and O–H groups in total. The van der Waals surface area contributed by atoms with Crippen LogP contribution in [0.25, 0.3) is 0 Å². The van der Waals surface area contributed by atoms with Crippen LogP contribution in [0.15, 0.2) is 6.20 Å². The van der Waals surface area contributed by atoms with Gasteiger partial charge in [-0.25, -0.2) is 9.97 Å². The van der Waals surface area contributed by atoms with Crippen LogP contribution in [-0.4, -0.2) is 54.6 Å². The van der Waals surface area contributed by atoms with Crippen molar-refractivity contribution < 1.29 is 9.53 Å². The molecule has 1 spiro atoms. The molecule has 2 aliphatic heterocycles. The molecule has 1 aromatic rings. The third-order valence-electron chi connectivity index (χ3n) is 4.40. The lowest BCUT2D eigenvalue weighted by molar-refractivity contribution is -0.130. The van der Waals surface area contributed by atoms with Gasteiger partial charge in [0.05, 0.1) is 24.3 Å². The number of hydrogen-bond acceptors (Lipinski definition) is 5. The van der Waals surface area contributed by atoms with Crippen LogP contribution in [0.3, 0.4) is 0 Å². The van der Waals surface area contributed by atoms with Gasteiger partial charge in [-0.05, 0) is 6.42 Å². The molecule has 0 aliphatic carbocycles. The van der Waals surface area contributed by atoms with Gasteiger partial charge in [-0.1, -0.05) is 6.92 Å². The average molecular weight is 290 g/mol. The summed E-state index contributed by atoms with van der Waals surface area (Å²) in [7, 11) is 3.88. The zero-order valence-electron chi connectivity index (χ0n) is 12.9. The van der Waals surface area contributed by atoms with Crippen LogP contribution in [0.5, 0.6) is 0 Å². The van der Waals surface area contributed by atoms with Crippen LogP contribution in [0, 0.1) is 0 Å². The Balaban J connectivity index is 1.96. The van der Waals surface area contributed by atoms with Gasteiger partial charge in [-0.2, -0.15) is 0 Å². The van der Waals surface area contributed by atoms with Gasteiger partial charge in [-0.15, -0.1) is 0 Å². The number of carbonyl (C=O) groups excluding carboxylic acids is 1. The fourth-order valence-electron chi connectivity index (χ4n) is 3.22. The maximum absolute atomic E-state index is 12.0. The average Bonchev–Trinajstić information content (AvgIpc) is 2.91. The van der Waals surface area contributed by atoms with Gasteiger partial charge in [0.25, 0.3) is 0 Å². The van der Waals surface area contributed by atoms with Crippen molar-refractivity contribution in [2.24, 2.45) is 0 Å². The monoisotopic (exact) mass is 290 g/mol. The van der Waals surface area contributed by atoms with E-state index in [0.29, 0.717) is 26.2 Å². The quantitative estimate of drug-likeness (QED) is 0.812. The van der Waals surface area contributed by atoms with E-state index in [1.807, 2.05) is 37.0 Å². The van der Waals surface area contributed by atoms with E-state index >= 15 is 0 Å². The first-order valence-electron chi connectivity index (χ1n) is 7.45. The summed E-state index contributed by atoms with van der Waals surface area (Å²) in [6.07, 6.45) is 3.33. The number of anilines is 1. The van der Waals surface area contributed by atoms with Crippen molar-refractivity contribution in [1.29, 1.82) is 0 Å². The Labute approximate surface area is 125 Å². The van der Waals surface area contributed by atoms with E-state index in [0.717, 1.165) is 30.2 Å². The maximum atomic E-state index is 12.0. The van der Waals surface area contributed by atoms with Gasteiger partial charge in [-0.3, -0.25) is 4.79 Å². The zero-order valence-corrected chi connectivity index (χ0v) is 12.9. The molecule has 0 radical (unpaired) electrons.